The van der Waals surface area contributed by atoms with Gasteiger partial charge in [-0.3, -0.25) is 9.48 Å². The summed E-state index contributed by atoms with van der Waals surface area (Å²) in [5.74, 6) is -0.787. The number of nitrogens with one attached hydrogen (secondary N) is 1. The molecule has 1 heterocycles. The molecule has 0 radical (unpaired) electrons. The Balaban J connectivity index is 2.60. The highest BCUT2D eigenvalue weighted by molar-refractivity contribution is 5.73. The molecule has 2 N–H and O–H groups in total. The van der Waals surface area contributed by atoms with Gasteiger partial charge >= 0.3 is 5.97 Å². The van der Waals surface area contributed by atoms with Gasteiger partial charge in [-0.25, -0.2) is 0 Å². The Labute approximate surface area is 102 Å². The predicted molar refractivity (Wildman–Crippen MR) is 65.8 cm³/mol. The van der Waals surface area contributed by atoms with Crippen LogP contribution in [0, 0.1) is 19.3 Å². The Morgan fingerprint density at radius 2 is 2.06 bits per heavy atom. The first-order valence-electron chi connectivity index (χ1n) is 5.69. The normalized spacial score (nSPS) is 11.8. The first-order chi connectivity index (χ1) is 7.75. The summed E-state index contributed by atoms with van der Waals surface area (Å²) in [6.45, 7) is 8.50. The van der Waals surface area contributed by atoms with Gasteiger partial charge in [-0.05, 0) is 27.7 Å². The average Bonchev–Trinajstić information content (AvgIpc) is 2.44. The van der Waals surface area contributed by atoms with Crippen molar-refractivity contribution in [1.29, 1.82) is 0 Å². The number of carbonyl (C=O) groups is 1. The van der Waals surface area contributed by atoms with E-state index in [0.29, 0.717) is 13.1 Å². The molecule has 0 bridgehead atoms. The van der Waals surface area contributed by atoms with Crippen molar-refractivity contribution >= 4 is 5.97 Å². The van der Waals surface area contributed by atoms with Crippen molar-refractivity contribution in [1.82, 2.24) is 15.1 Å². The Bertz CT molecular complexity index is 422. The highest BCUT2D eigenvalue weighted by Crippen LogP contribution is 2.15. The molecular weight excluding hydrogens is 218 g/mol. The third-order valence-electron chi connectivity index (χ3n) is 3.11. The second-order valence-corrected chi connectivity index (χ2v) is 5.07. The van der Waals surface area contributed by atoms with Crippen LogP contribution in [0.2, 0.25) is 0 Å². The Kier molecular flexibility index (Phi) is 3.93. The first-order valence-corrected chi connectivity index (χ1v) is 5.69. The van der Waals surface area contributed by atoms with Crippen molar-refractivity contribution in [3.63, 3.8) is 0 Å². The fraction of sp³-hybridized carbons (Fsp3) is 0.667. The largest absolute Gasteiger partial charge is 0.481 e. The third kappa shape index (κ3) is 3.06. The Hall–Kier alpha value is -1.36. The fourth-order valence-corrected chi connectivity index (χ4v) is 1.65. The van der Waals surface area contributed by atoms with E-state index in [0.717, 1.165) is 17.0 Å². The summed E-state index contributed by atoms with van der Waals surface area (Å²) in [6, 6.07) is 0. The smallest absolute Gasteiger partial charge is 0.310 e. The fourth-order valence-electron chi connectivity index (χ4n) is 1.65. The van der Waals surface area contributed by atoms with E-state index in [9.17, 15) is 4.79 Å². The van der Waals surface area contributed by atoms with E-state index in [1.807, 2.05) is 25.6 Å². The van der Waals surface area contributed by atoms with Gasteiger partial charge in [-0.2, -0.15) is 5.10 Å². The van der Waals surface area contributed by atoms with Crippen molar-refractivity contribution in [2.75, 3.05) is 6.54 Å². The van der Waals surface area contributed by atoms with Gasteiger partial charge in [-0.1, -0.05) is 0 Å². The number of hydrogen-bond donors (Lipinski definition) is 2. The molecule has 0 saturated heterocycles. The third-order valence-corrected chi connectivity index (χ3v) is 3.11. The highest BCUT2D eigenvalue weighted by atomic mass is 16.4. The van der Waals surface area contributed by atoms with Gasteiger partial charge in [0, 0.05) is 31.4 Å². The van der Waals surface area contributed by atoms with E-state index < -0.39 is 11.4 Å². The van der Waals surface area contributed by atoms with E-state index >= 15 is 0 Å². The summed E-state index contributed by atoms with van der Waals surface area (Å²) in [5.41, 5.74) is 2.51. The minimum atomic E-state index is -0.787. The molecule has 0 aliphatic rings. The van der Waals surface area contributed by atoms with Crippen molar-refractivity contribution in [3.8, 4) is 0 Å². The number of carboxylic acids is 1. The van der Waals surface area contributed by atoms with Gasteiger partial charge in [-0.15, -0.1) is 0 Å². The van der Waals surface area contributed by atoms with Crippen molar-refractivity contribution in [2.24, 2.45) is 12.5 Å². The molecule has 1 aromatic rings. The van der Waals surface area contributed by atoms with Crippen LogP contribution in [0.25, 0.3) is 0 Å². The summed E-state index contributed by atoms with van der Waals surface area (Å²) in [7, 11) is 1.91. The van der Waals surface area contributed by atoms with Crippen LogP contribution in [-0.2, 0) is 18.4 Å². The SMILES string of the molecule is Cc1nn(C)c(C)c1CNCC(C)(C)C(=O)O. The molecule has 0 amide bonds. The lowest BCUT2D eigenvalue weighted by Crippen LogP contribution is -2.35. The molecule has 0 fully saturated rings. The van der Waals surface area contributed by atoms with Gasteiger partial charge < -0.3 is 10.4 Å². The maximum atomic E-state index is 10.9. The molecule has 0 aromatic carbocycles. The minimum Gasteiger partial charge on any atom is -0.481 e. The molecule has 0 aliphatic heterocycles. The molecule has 0 unspecified atom stereocenters. The Morgan fingerprint density at radius 1 is 1.47 bits per heavy atom. The minimum absolute atomic E-state index is 0.441. The van der Waals surface area contributed by atoms with Gasteiger partial charge in [0.1, 0.15) is 0 Å². The topological polar surface area (TPSA) is 67.2 Å². The van der Waals surface area contributed by atoms with Crippen LogP contribution in [0.4, 0.5) is 0 Å². The van der Waals surface area contributed by atoms with Gasteiger partial charge in [0.15, 0.2) is 0 Å². The van der Waals surface area contributed by atoms with Crippen LogP contribution in [0.1, 0.15) is 30.8 Å². The molecule has 96 valence electrons. The van der Waals surface area contributed by atoms with Crippen molar-refractivity contribution < 1.29 is 9.90 Å². The zero-order chi connectivity index (χ0) is 13.2. The van der Waals surface area contributed by atoms with Crippen LogP contribution >= 0.6 is 0 Å². The van der Waals surface area contributed by atoms with E-state index in [4.69, 9.17) is 5.11 Å². The molecule has 5 nitrogen and oxygen atoms in total. The van der Waals surface area contributed by atoms with E-state index in [1.54, 1.807) is 13.8 Å². The lowest BCUT2D eigenvalue weighted by atomic mass is 9.94. The molecule has 0 aliphatic carbocycles. The predicted octanol–water partition coefficient (Wildman–Crippen LogP) is 1.24. The Morgan fingerprint density at radius 3 is 2.47 bits per heavy atom. The van der Waals surface area contributed by atoms with Crippen LogP contribution in [0.3, 0.4) is 0 Å². The van der Waals surface area contributed by atoms with Crippen LogP contribution < -0.4 is 5.32 Å². The molecule has 17 heavy (non-hydrogen) atoms. The summed E-state index contributed by atoms with van der Waals surface area (Å²) in [5, 5.41) is 16.5. The summed E-state index contributed by atoms with van der Waals surface area (Å²) >= 11 is 0. The highest BCUT2D eigenvalue weighted by Gasteiger charge is 2.26. The molecule has 0 atom stereocenters. The number of rotatable bonds is 5. The lowest BCUT2D eigenvalue weighted by Gasteiger charge is -2.19. The zero-order valence-corrected chi connectivity index (χ0v) is 11.2. The van der Waals surface area contributed by atoms with Crippen LogP contribution in [-0.4, -0.2) is 27.4 Å². The van der Waals surface area contributed by atoms with E-state index in [-0.39, 0.29) is 0 Å². The molecule has 0 saturated carbocycles. The molecule has 5 heteroatoms. The average molecular weight is 239 g/mol. The number of aliphatic carboxylic acids is 1. The standard InChI is InChI=1S/C12H21N3O2/c1-8-10(9(2)15(5)14-8)6-13-7-12(3,4)11(16)17/h13H,6-7H2,1-5H3,(H,16,17). The molecular formula is C12H21N3O2. The summed E-state index contributed by atoms with van der Waals surface area (Å²) in [6.07, 6.45) is 0. The van der Waals surface area contributed by atoms with E-state index in [2.05, 4.69) is 10.4 Å². The van der Waals surface area contributed by atoms with Crippen molar-refractivity contribution in [2.45, 2.75) is 34.2 Å². The number of aromatic nitrogens is 2. The maximum Gasteiger partial charge on any atom is 0.310 e. The van der Waals surface area contributed by atoms with Gasteiger partial charge in [0.25, 0.3) is 0 Å². The zero-order valence-electron chi connectivity index (χ0n) is 11.2. The molecule has 1 aromatic heterocycles. The monoisotopic (exact) mass is 239 g/mol. The summed E-state index contributed by atoms with van der Waals surface area (Å²) < 4.78 is 1.84. The second kappa shape index (κ2) is 4.87. The molecule has 1 rings (SSSR count). The van der Waals surface area contributed by atoms with E-state index in [1.165, 1.54) is 0 Å². The van der Waals surface area contributed by atoms with Crippen LogP contribution in [0.5, 0.6) is 0 Å². The van der Waals surface area contributed by atoms with Crippen molar-refractivity contribution in [3.05, 3.63) is 17.0 Å². The number of aryl methyl sites for hydroxylation is 2. The molecule has 0 spiro atoms. The first kappa shape index (κ1) is 13.7. The number of hydrogen-bond acceptors (Lipinski definition) is 3. The quantitative estimate of drug-likeness (QED) is 0.811. The second-order valence-electron chi connectivity index (χ2n) is 5.07. The lowest BCUT2D eigenvalue weighted by molar-refractivity contribution is -0.146. The van der Waals surface area contributed by atoms with Gasteiger partial charge in [0.2, 0.25) is 0 Å². The maximum absolute atomic E-state index is 10.9. The van der Waals surface area contributed by atoms with Crippen LogP contribution in [0.15, 0.2) is 0 Å². The summed E-state index contributed by atoms with van der Waals surface area (Å²) in [4.78, 5) is 10.9. The number of nitrogens with zero attached hydrogens (tertiary/aromatic N) is 2. The number of carboxylic acid groups (broad SMARTS) is 1. The van der Waals surface area contributed by atoms with Gasteiger partial charge in [0.05, 0.1) is 11.1 Å².